The highest BCUT2D eigenvalue weighted by atomic mass is 35.5. The molecule has 0 amide bonds. The zero-order valence-electron chi connectivity index (χ0n) is 15.4. The first-order chi connectivity index (χ1) is 13.8. The highest BCUT2D eigenvalue weighted by molar-refractivity contribution is 7.90. The van der Waals surface area contributed by atoms with Crippen molar-refractivity contribution in [3.05, 3.63) is 71.1 Å². The number of benzene rings is 2. The van der Waals surface area contributed by atoms with E-state index in [0.717, 1.165) is 9.65 Å². The predicted octanol–water partition coefficient (Wildman–Crippen LogP) is 4.44. The summed E-state index contributed by atoms with van der Waals surface area (Å²) in [7, 11) is -2.66. The Labute approximate surface area is 171 Å². The number of aromatic nitrogens is 3. The minimum absolute atomic E-state index is 0.0619. The number of hydrogen-bond acceptors (Lipinski definition) is 5. The molecule has 0 radical (unpaired) electrons. The molecule has 0 aliphatic carbocycles. The number of halogens is 2. The fourth-order valence-corrected chi connectivity index (χ4v) is 4.47. The molecule has 148 valence electrons. The molecule has 0 saturated heterocycles. The maximum absolute atomic E-state index is 13.7. The monoisotopic (exact) mass is 431 g/mol. The van der Waals surface area contributed by atoms with Crippen molar-refractivity contribution >= 4 is 32.7 Å². The first-order valence-corrected chi connectivity index (χ1v) is 10.3. The summed E-state index contributed by atoms with van der Waals surface area (Å²) in [5.41, 5.74) is 1.61. The van der Waals surface area contributed by atoms with Gasteiger partial charge in [0.2, 0.25) is 0 Å². The lowest BCUT2D eigenvalue weighted by molar-refractivity contribution is 0.413. The summed E-state index contributed by atoms with van der Waals surface area (Å²) in [6, 6.07) is 11.8. The molecule has 29 heavy (non-hydrogen) atoms. The van der Waals surface area contributed by atoms with Gasteiger partial charge in [0.05, 0.1) is 22.4 Å². The molecule has 0 fully saturated rings. The molecule has 2 aromatic carbocycles. The minimum atomic E-state index is -4.04. The number of ether oxygens (including phenoxy) is 1. The molecule has 9 heteroatoms. The third-order valence-electron chi connectivity index (χ3n) is 4.45. The summed E-state index contributed by atoms with van der Waals surface area (Å²) >= 11 is 6.37. The Hall–Kier alpha value is -2.97. The second-order valence-corrected chi connectivity index (χ2v) is 8.52. The zero-order chi connectivity index (χ0) is 20.8. The van der Waals surface area contributed by atoms with E-state index in [9.17, 15) is 12.8 Å². The average Bonchev–Trinajstić information content (AvgIpc) is 3.10. The molecule has 0 atom stereocenters. The Morgan fingerprint density at radius 1 is 1.10 bits per heavy atom. The van der Waals surface area contributed by atoms with Crippen LogP contribution in [0, 0.1) is 12.7 Å². The summed E-state index contributed by atoms with van der Waals surface area (Å²) in [5, 5.41) is 4.90. The number of methoxy groups -OCH3 is 1. The maximum Gasteiger partial charge on any atom is 0.284 e. The van der Waals surface area contributed by atoms with Crippen LogP contribution in [0.25, 0.3) is 22.3 Å². The molecule has 6 nitrogen and oxygen atoms in total. The number of hydrogen-bond donors (Lipinski definition) is 0. The van der Waals surface area contributed by atoms with Crippen LogP contribution in [0.4, 0.5) is 4.39 Å². The number of pyridine rings is 1. The Kier molecular flexibility index (Phi) is 4.76. The van der Waals surface area contributed by atoms with Crippen LogP contribution in [-0.2, 0) is 10.0 Å². The van der Waals surface area contributed by atoms with Crippen molar-refractivity contribution in [3.63, 3.8) is 0 Å². The first kappa shape index (κ1) is 19.4. The fourth-order valence-electron chi connectivity index (χ4n) is 3.01. The van der Waals surface area contributed by atoms with E-state index in [2.05, 4.69) is 10.1 Å². The van der Waals surface area contributed by atoms with Gasteiger partial charge in [0.15, 0.2) is 5.65 Å². The van der Waals surface area contributed by atoms with Crippen molar-refractivity contribution in [1.29, 1.82) is 0 Å². The van der Waals surface area contributed by atoms with Crippen molar-refractivity contribution in [2.75, 3.05) is 7.11 Å². The van der Waals surface area contributed by atoms with Crippen molar-refractivity contribution in [1.82, 2.24) is 14.2 Å². The van der Waals surface area contributed by atoms with Crippen molar-refractivity contribution in [2.45, 2.75) is 11.8 Å². The molecule has 0 saturated carbocycles. The molecule has 0 N–H and O–H groups in total. The molecule has 4 rings (SSSR count). The van der Waals surface area contributed by atoms with Gasteiger partial charge < -0.3 is 4.74 Å². The summed E-state index contributed by atoms with van der Waals surface area (Å²) in [4.78, 5) is 4.25. The molecule has 0 aliphatic rings. The topological polar surface area (TPSA) is 74.1 Å². The largest absolute Gasteiger partial charge is 0.496 e. The van der Waals surface area contributed by atoms with Crippen molar-refractivity contribution in [3.8, 4) is 17.0 Å². The number of aryl methyl sites for hydroxylation is 1. The maximum atomic E-state index is 13.7. The molecule has 0 bridgehead atoms. The molecular weight excluding hydrogens is 417 g/mol. The highest BCUT2D eigenvalue weighted by Gasteiger charge is 2.27. The molecule has 0 spiro atoms. The second-order valence-electron chi connectivity index (χ2n) is 6.35. The Morgan fingerprint density at radius 3 is 2.52 bits per heavy atom. The Balaban J connectivity index is 2.04. The lowest BCUT2D eigenvalue weighted by Crippen LogP contribution is -2.15. The Bertz CT molecular complexity index is 1340. The van der Waals surface area contributed by atoms with Crippen molar-refractivity contribution in [2.24, 2.45) is 0 Å². The van der Waals surface area contributed by atoms with Gasteiger partial charge in [-0.25, -0.2) is 9.37 Å². The molecule has 0 aliphatic heterocycles. The van der Waals surface area contributed by atoms with Gasteiger partial charge in [-0.3, -0.25) is 0 Å². The van der Waals surface area contributed by atoms with E-state index in [1.54, 1.807) is 12.1 Å². The molecular formula is C20H15ClFN3O3S. The van der Waals surface area contributed by atoms with Crippen LogP contribution in [0.5, 0.6) is 5.75 Å². The first-order valence-electron chi connectivity index (χ1n) is 8.52. The van der Waals surface area contributed by atoms with Gasteiger partial charge in [-0.05, 0) is 37.3 Å². The second kappa shape index (κ2) is 7.13. The van der Waals surface area contributed by atoms with E-state index < -0.39 is 15.8 Å². The number of nitrogens with zero attached hydrogens (tertiary/aromatic N) is 3. The molecule has 2 aromatic heterocycles. The van der Waals surface area contributed by atoms with Gasteiger partial charge in [-0.2, -0.15) is 13.5 Å². The van der Waals surface area contributed by atoms with E-state index in [4.69, 9.17) is 16.3 Å². The van der Waals surface area contributed by atoms with Gasteiger partial charge in [-0.1, -0.05) is 29.3 Å². The normalized spacial score (nSPS) is 11.7. The van der Waals surface area contributed by atoms with Crippen LogP contribution in [-0.4, -0.2) is 29.7 Å². The number of rotatable bonds is 4. The third-order valence-corrected chi connectivity index (χ3v) is 6.35. The lowest BCUT2D eigenvalue weighted by Gasteiger charge is -2.07. The lowest BCUT2D eigenvalue weighted by atomic mass is 10.1. The van der Waals surface area contributed by atoms with Crippen LogP contribution in [0.2, 0.25) is 5.02 Å². The molecule has 2 heterocycles. The standard InChI is InChI=1S/C20H15ClFN3O3S/c1-12-3-6-14(7-4-12)29(26,27)25-20-18(16(21)9-10-23-20)19(24-25)15-8-5-13(22)11-17(15)28-2/h3-11H,1-2H3. The van der Waals surface area contributed by atoms with Crippen molar-refractivity contribution < 1.29 is 17.5 Å². The van der Waals surface area contributed by atoms with E-state index in [-0.39, 0.29) is 27.0 Å². The van der Waals surface area contributed by atoms with E-state index in [0.29, 0.717) is 10.9 Å². The highest BCUT2D eigenvalue weighted by Crippen LogP contribution is 2.38. The van der Waals surface area contributed by atoms with Gasteiger partial charge >= 0.3 is 0 Å². The third kappa shape index (κ3) is 3.24. The SMILES string of the molecule is COc1cc(F)ccc1-c1nn(S(=O)(=O)c2ccc(C)cc2)c2nccc(Cl)c12. The predicted molar refractivity (Wildman–Crippen MR) is 108 cm³/mol. The van der Waals surface area contributed by atoms with E-state index in [1.165, 1.54) is 49.7 Å². The minimum Gasteiger partial charge on any atom is -0.496 e. The van der Waals surface area contributed by atoms with Crippen LogP contribution < -0.4 is 4.74 Å². The summed E-state index contributed by atoms with van der Waals surface area (Å²) < 4.78 is 46.3. The average molecular weight is 432 g/mol. The van der Waals surface area contributed by atoms with E-state index in [1.807, 2.05) is 6.92 Å². The van der Waals surface area contributed by atoms with Gasteiger partial charge in [0.25, 0.3) is 10.0 Å². The smallest absolute Gasteiger partial charge is 0.284 e. The summed E-state index contributed by atoms with van der Waals surface area (Å²) in [6.45, 7) is 1.86. The van der Waals surface area contributed by atoms with Gasteiger partial charge in [-0.15, -0.1) is 4.09 Å². The van der Waals surface area contributed by atoms with Crippen LogP contribution in [0.1, 0.15) is 5.56 Å². The van der Waals surface area contributed by atoms with Crippen LogP contribution in [0.3, 0.4) is 0 Å². The molecule has 4 aromatic rings. The summed E-state index contributed by atoms with van der Waals surface area (Å²) in [5.74, 6) is -0.296. The van der Waals surface area contributed by atoms with Crippen LogP contribution >= 0.6 is 11.6 Å². The van der Waals surface area contributed by atoms with Gasteiger partial charge in [0.1, 0.15) is 17.3 Å². The molecule has 0 unspecified atom stereocenters. The Morgan fingerprint density at radius 2 is 1.83 bits per heavy atom. The fraction of sp³-hybridized carbons (Fsp3) is 0.100. The number of fused-ring (bicyclic) bond motifs is 1. The van der Waals surface area contributed by atoms with Gasteiger partial charge in [0, 0.05) is 17.8 Å². The zero-order valence-corrected chi connectivity index (χ0v) is 17.0. The van der Waals surface area contributed by atoms with E-state index >= 15 is 0 Å². The summed E-state index contributed by atoms with van der Waals surface area (Å²) in [6.07, 6.45) is 1.40. The van der Waals surface area contributed by atoms with Crippen LogP contribution in [0.15, 0.2) is 59.6 Å². The quantitative estimate of drug-likeness (QED) is 0.477.